The molecule has 0 radical (unpaired) electrons. The number of allylic oxidation sites excluding steroid dienone is 18. The predicted molar refractivity (Wildman–Crippen MR) is 268 cm³/mol. The lowest BCUT2D eigenvalue weighted by Gasteiger charge is -2.24. The van der Waals surface area contributed by atoms with Crippen LogP contribution in [0.2, 0.25) is 0 Å². The van der Waals surface area contributed by atoms with Gasteiger partial charge in [0, 0.05) is 6.42 Å². The Morgan fingerprint density at radius 1 is 0.484 bits per heavy atom. The molecular weight excluding hydrogens is 767 g/mol. The molecule has 0 aliphatic heterocycles. The van der Waals surface area contributed by atoms with Crippen molar-refractivity contribution in [3.05, 3.63) is 109 Å². The molecule has 1 amide bonds. The fraction of sp³-hybridized carbons (Fsp3) is 0.643. The number of esters is 1. The number of carbonyl (C=O) groups excluding carboxylic acids is 2. The highest BCUT2D eigenvalue weighted by atomic mass is 16.5. The van der Waals surface area contributed by atoms with Crippen molar-refractivity contribution in [3.63, 3.8) is 0 Å². The fourth-order valence-electron chi connectivity index (χ4n) is 6.99. The number of hydrogen-bond donors (Lipinski definition) is 3. The molecule has 0 rings (SSSR count). The molecular formula is C56H93NO5. The standard InChI is InChI=1S/C56H93NO5/c1-4-7-10-13-16-19-22-24-26-28-30-32-34-37-40-43-46-49-56(61)62-52(47-44-41-38-35-33-31-29-27-25-23-20-17-14-11-8-5-2)50-55(60)57-53(51-58)54(59)48-45-42-39-36-21-18-15-12-9-6-3/h7,10,13,16,19,22-34,52-54,58-59H,4-6,8-9,11-12,14-15,17-18,20-21,35-51H2,1-3H3,(H,57,60)/b10-7-,16-13+,22-19+,25-23+,26-24-,29-27+,30-28+,33-31+,34-32+. The normalized spacial score (nSPS) is 14.2. The Labute approximate surface area is 381 Å². The minimum absolute atomic E-state index is 0.0294. The molecule has 62 heavy (non-hydrogen) atoms. The highest BCUT2D eigenvalue weighted by Crippen LogP contribution is 2.16. The van der Waals surface area contributed by atoms with E-state index in [9.17, 15) is 19.8 Å². The van der Waals surface area contributed by atoms with Crippen molar-refractivity contribution in [2.45, 2.75) is 225 Å². The molecule has 0 aromatic heterocycles. The molecule has 0 saturated heterocycles. The Hall–Kier alpha value is -3.48. The first kappa shape index (κ1) is 58.5. The minimum Gasteiger partial charge on any atom is -0.462 e. The highest BCUT2D eigenvalue weighted by molar-refractivity contribution is 5.77. The van der Waals surface area contributed by atoms with Gasteiger partial charge in [-0.2, -0.15) is 0 Å². The maximum Gasteiger partial charge on any atom is 0.306 e. The molecule has 3 unspecified atom stereocenters. The summed E-state index contributed by atoms with van der Waals surface area (Å²) >= 11 is 0. The second kappa shape index (κ2) is 48.6. The van der Waals surface area contributed by atoms with E-state index in [0.717, 1.165) is 83.5 Å². The number of rotatable bonds is 43. The second-order valence-corrected chi connectivity index (χ2v) is 16.7. The van der Waals surface area contributed by atoms with Gasteiger partial charge in [-0.05, 0) is 70.6 Å². The van der Waals surface area contributed by atoms with Crippen molar-refractivity contribution < 1.29 is 24.5 Å². The number of hydrogen-bond acceptors (Lipinski definition) is 5. The quantitative estimate of drug-likeness (QED) is 0.0322. The smallest absolute Gasteiger partial charge is 0.306 e. The van der Waals surface area contributed by atoms with Crippen LogP contribution in [0, 0.1) is 0 Å². The summed E-state index contributed by atoms with van der Waals surface area (Å²) in [5, 5.41) is 23.7. The van der Waals surface area contributed by atoms with E-state index in [0.29, 0.717) is 19.3 Å². The van der Waals surface area contributed by atoms with Gasteiger partial charge < -0.3 is 20.3 Å². The van der Waals surface area contributed by atoms with Gasteiger partial charge in [-0.3, -0.25) is 9.59 Å². The van der Waals surface area contributed by atoms with Gasteiger partial charge in [-0.1, -0.05) is 233 Å². The van der Waals surface area contributed by atoms with E-state index in [2.05, 4.69) is 80.8 Å². The average Bonchev–Trinajstić information content (AvgIpc) is 3.26. The number of aliphatic hydroxyl groups is 2. The van der Waals surface area contributed by atoms with E-state index in [1.54, 1.807) is 0 Å². The summed E-state index contributed by atoms with van der Waals surface area (Å²) in [4.78, 5) is 26.1. The SMILES string of the molecule is CC\C=C/C=C/C=C/C=C\C=C\C=C\CCCCCC(=O)OC(CCCCC/C=C/C=C/C=C/CCCCCCC)CC(=O)NC(CO)C(O)CCCCCCCCCCCC. The minimum atomic E-state index is -0.811. The molecule has 0 aromatic carbocycles. The summed E-state index contributed by atoms with van der Waals surface area (Å²) in [5.41, 5.74) is 0. The lowest BCUT2D eigenvalue weighted by atomic mass is 10.0. The van der Waals surface area contributed by atoms with Crippen LogP contribution in [-0.2, 0) is 14.3 Å². The third-order valence-electron chi connectivity index (χ3n) is 10.8. The van der Waals surface area contributed by atoms with Crippen molar-refractivity contribution in [2.75, 3.05) is 6.61 Å². The zero-order valence-corrected chi connectivity index (χ0v) is 40.0. The molecule has 0 saturated carbocycles. The van der Waals surface area contributed by atoms with Gasteiger partial charge in [0.05, 0.1) is 25.2 Å². The second-order valence-electron chi connectivity index (χ2n) is 16.7. The third-order valence-corrected chi connectivity index (χ3v) is 10.8. The zero-order valence-electron chi connectivity index (χ0n) is 40.0. The maximum atomic E-state index is 13.2. The summed E-state index contributed by atoms with van der Waals surface area (Å²) in [7, 11) is 0. The van der Waals surface area contributed by atoms with Crippen molar-refractivity contribution in [3.8, 4) is 0 Å². The molecule has 0 aliphatic rings. The highest BCUT2D eigenvalue weighted by Gasteiger charge is 2.24. The topological polar surface area (TPSA) is 95.9 Å². The number of aliphatic hydroxyl groups excluding tert-OH is 2. The lowest BCUT2D eigenvalue weighted by Crippen LogP contribution is -2.46. The van der Waals surface area contributed by atoms with E-state index < -0.39 is 18.2 Å². The van der Waals surface area contributed by atoms with E-state index in [1.807, 2.05) is 54.7 Å². The van der Waals surface area contributed by atoms with Crippen LogP contribution in [-0.4, -0.2) is 46.9 Å². The molecule has 0 bridgehead atoms. The number of amides is 1. The Bertz CT molecular complexity index is 1280. The molecule has 0 aromatic rings. The number of carbonyl (C=O) groups is 2. The molecule has 3 N–H and O–H groups in total. The molecule has 0 heterocycles. The number of unbranched alkanes of at least 4 members (excludes halogenated alkanes) is 20. The molecule has 0 aliphatic carbocycles. The van der Waals surface area contributed by atoms with Gasteiger partial charge in [0.1, 0.15) is 6.10 Å². The molecule has 6 heteroatoms. The zero-order chi connectivity index (χ0) is 45.2. The monoisotopic (exact) mass is 860 g/mol. The number of nitrogens with one attached hydrogen (secondary N) is 1. The maximum absolute atomic E-state index is 13.2. The van der Waals surface area contributed by atoms with Crippen LogP contribution in [0.3, 0.4) is 0 Å². The van der Waals surface area contributed by atoms with Crippen molar-refractivity contribution >= 4 is 11.9 Å². The molecule has 0 fully saturated rings. The van der Waals surface area contributed by atoms with Crippen molar-refractivity contribution in [1.82, 2.24) is 5.32 Å². The van der Waals surface area contributed by atoms with Crippen LogP contribution < -0.4 is 5.32 Å². The average molecular weight is 860 g/mol. The molecule has 6 nitrogen and oxygen atoms in total. The first-order valence-electron chi connectivity index (χ1n) is 25.2. The Kier molecular flexibility index (Phi) is 45.8. The summed E-state index contributed by atoms with van der Waals surface area (Å²) in [6.07, 6.45) is 65.7. The van der Waals surface area contributed by atoms with Gasteiger partial charge in [-0.25, -0.2) is 0 Å². The molecule has 352 valence electrons. The van der Waals surface area contributed by atoms with Crippen LogP contribution in [0.25, 0.3) is 0 Å². The van der Waals surface area contributed by atoms with Crippen molar-refractivity contribution in [1.29, 1.82) is 0 Å². The predicted octanol–water partition coefficient (Wildman–Crippen LogP) is 15.1. The van der Waals surface area contributed by atoms with Crippen LogP contribution >= 0.6 is 0 Å². The van der Waals surface area contributed by atoms with Crippen LogP contribution in [0.4, 0.5) is 0 Å². The Morgan fingerprint density at radius 3 is 1.34 bits per heavy atom. The summed E-state index contributed by atoms with van der Waals surface area (Å²) in [6, 6.07) is -0.729. The van der Waals surface area contributed by atoms with Gasteiger partial charge in [-0.15, -0.1) is 0 Å². The molecule has 3 atom stereocenters. The van der Waals surface area contributed by atoms with E-state index >= 15 is 0 Å². The Morgan fingerprint density at radius 2 is 0.871 bits per heavy atom. The van der Waals surface area contributed by atoms with Gasteiger partial charge in [0.2, 0.25) is 5.91 Å². The van der Waals surface area contributed by atoms with Crippen molar-refractivity contribution in [2.24, 2.45) is 0 Å². The Balaban J connectivity index is 4.80. The van der Waals surface area contributed by atoms with E-state index in [4.69, 9.17) is 4.74 Å². The lowest BCUT2D eigenvalue weighted by molar-refractivity contribution is -0.151. The third kappa shape index (κ3) is 43.2. The molecule has 0 spiro atoms. The van der Waals surface area contributed by atoms with Crippen LogP contribution in [0.15, 0.2) is 109 Å². The van der Waals surface area contributed by atoms with Gasteiger partial charge in [0.15, 0.2) is 0 Å². The first-order chi connectivity index (χ1) is 30.5. The van der Waals surface area contributed by atoms with Gasteiger partial charge >= 0.3 is 5.97 Å². The van der Waals surface area contributed by atoms with Gasteiger partial charge in [0.25, 0.3) is 0 Å². The van der Waals surface area contributed by atoms with E-state index in [1.165, 1.54) is 77.0 Å². The fourth-order valence-corrected chi connectivity index (χ4v) is 6.99. The van der Waals surface area contributed by atoms with Crippen LogP contribution in [0.5, 0.6) is 0 Å². The van der Waals surface area contributed by atoms with Crippen LogP contribution in [0.1, 0.15) is 207 Å². The number of ether oxygens (including phenoxy) is 1. The largest absolute Gasteiger partial charge is 0.462 e. The van der Waals surface area contributed by atoms with E-state index in [-0.39, 0.29) is 24.9 Å². The summed E-state index contributed by atoms with van der Waals surface area (Å²) in [6.45, 7) is 6.27. The first-order valence-corrected chi connectivity index (χ1v) is 25.2. The summed E-state index contributed by atoms with van der Waals surface area (Å²) in [5.74, 6) is -0.570. The summed E-state index contributed by atoms with van der Waals surface area (Å²) < 4.78 is 5.89.